The van der Waals surface area contributed by atoms with Gasteiger partial charge in [-0.25, -0.2) is 4.98 Å². The summed E-state index contributed by atoms with van der Waals surface area (Å²) in [5.74, 6) is 0.857. The highest BCUT2D eigenvalue weighted by Gasteiger charge is 2.18. The Morgan fingerprint density at radius 3 is 2.78 bits per heavy atom. The molecule has 3 aromatic rings. The number of carbonyl (C=O) groups excluding carboxylic acids is 1. The monoisotopic (exact) mass is 367 g/mol. The SMILES string of the molecule is CCOc1ccc(CN(C)C(=O)c2cnc3ccccn3c2=O)cc1OC. The molecule has 0 atom stereocenters. The van der Waals surface area contributed by atoms with Crippen LogP contribution < -0.4 is 15.0 Å². The van der Waals surface area contributed by atoms with Gasteiger partial charge in [0.2, 0.25) is 0 Å². The van der Waals surface area contributed by atoms with Crippen molar-refractivity contribution < 1.29 is 14.3 Å². The van der Waals surface area contributed by atoms with E-state index in [-0.39, 0.29) is 11.1 Å². The van der Waals surface area contributed by atoms with Gasteiger partial charge in [-0.2, -0.15) is 0 Å². The van der Waals surface area contributed by atoms with E-state index < -0.39 is 5.91 Å². The molecule has 0 bridgehead atoms. The number of rotatable bonds is 6. The van der Waals surface area contributed by atoms with Gasteiger partial charge >= 0.3 is 0 Å². The Balaban J connectivity index is 1.84. The predicted molar refractivity (Wildman–Crippen MR) is 101 cm³/mol. The van der Waals surface area contributed by atoms with Crippen molar-refractivity contribution in [3.05, 3.63) is 70.3 Å². The van der Waals surface area contributed by atoms with Gasteiger partial charge in [-0.15, -0.1) is 0 Å². The molecule has 0 aliphatic carbocycles. The van der Waals surface area contributed by atoms with Crippen molar-refractivity contribution in [2.45, 2.75) is 13.5 Å². The van der Waals surface area contributed by atoms with Gasteiger partial charge in [0.25, 0.3) is 11.5 Å². The Hall–Kier alpha value is -3.35. The average Bonchev–Trinajstić information content (AvgIpc) is 2.69. The van der Waals surface area contributed by atoms with Crippen LogP contribution in [0.15, 0.2) is 53.6 Å². The van der Waals surface area contributed by atoms with Crippen LogP contribution in [0.4, 0.5) is 0 Å². The molecule has 0 aliphatic rings. The summed E-state index contributed by atoms with van der Waals surface area (Å²) in [6.45, 7) is 2.75. The average molecular weight is 367 g/mol. The number of fused-ring (bicyclic) bond motifs is 1. The van der Waals surface area contributed by atoms with Crippen LogP contribution in [0.2, 0.25) is 0 Å². The molecule has 2 aromatic heterocycles. The van der Waals surface area contributed by atoms with E-state index in [4.69, 9.17) is 9.47 Å². The van der Waals surface area contributed by atoms with E-state index in [0.717, 1.165) is 5.56 Å². The van der Waals surface area contributed by atoms with Gasteiger partial charge < -0.3 is 14.4 Å². The maximum atomic E-state index is 12.8. The van der Waals surface area contributed by atoms with Crippen LogP contribution >= 0.6 is 0 Å². The molecule has 0 fully saturated rings. The molecule has 1 amide bonds. The Bertz CT molecular complexity index is 1030. The fourth-order valence-corrected chi connectivity index (χ4v) is 2.81. The van der Waals surface area contributed by atoms with E-state index in [0.29, 0.717) is 30.3 Å². The van der Waals surface area contributed by atoms with Gasteiger partial charge in [0.05, 0.1) is 13.7 Å². The Labute approximate surface area is 156 Å². The summed E-state index contributed by atoms with van der Waals surface area (Å²) in [5, 5.41) is 0. The number of amides is 1. The second kappa shape index (κ2) is 7.90. The lowest BCUT2D eigenvalue weighted by molar-refractivity contribution is 0.0782. The molecule has 7 heteroatoms. The van der Waals surface area contributed by atoms with Crippen molar-refractivity contribution in [3.8, 4) is 11.5 Å². The third-order valence-corrected chi connectivity index (χ3v) is 4.14. The zero-order valence-electron chi connectivity index (χ0n) is 15.5. The van der Waals surface area contributed by atoms with E-state index >= 15 is 0 Å². The minimum Gasteiger partial charge on any atom is -0.493 e. The number of methoxy groups -OCH3 is 1. The maximum absolute atomic E-state index is 12.8. The summed E-state index contributed by atoms with van der Waals surface area (Å²) in [7, 11) is 3.21. The highest BCUT2D eigenvalue weighted by atomic mass is 16.5. The molecule has 27 heavy (non-hydrogen) atoms. The molecule has 0 N–H and O–H groups in total. The molecular formula is C20H21N3O4. The second-order valence-electron chi connectivity index (χ2n) is 5.99. The quantitative estimate of drug-likeness (QED) is 0.669. The Morgan fingerprint density at radius 1 is 1.22 bits per heavy atom. The lowest BCUT2D eigenvalue weighted by Gasteiger charge is -2.18. The van der Waals surface area contributed by atoms with E-state index in [1.165, 1.54) is 15.5 Å². The van der Waals surface area contributed by atoms with E-state index in [9.17, 15) is 9.59 Å². The first kappa shape index (κ1) is 18.4. The van der Waals surface area contributed by atoms with Gasteiger partial charge in [-0.1, -0.05) is 12.1 Å². The summed E-state index contributed by atoms with van der Waals surface area (Å²) < 4.78 is 12.2. The van der Waals surface area contributed by atoms with Crippen LogP contribution in [0.5, 0.6) is 11.5 Å². The van der Waals surface area contributed by atoms with E-state index in [1.807, 2.05) is 25.1 Å². The lowest BCUT2D eigenvalue weighted by Crippen LogP contribution is -2.33. The first-order valence-corrected chi connectivity index (χ1v) is 8.56. The summed E-state index contributed by atoms with van der Waals surface area (Å²) in [5.41, 5.74) is 0.999. The zero-order chi connectivity index (χ0) is 19.4. The van der Waals surface area contributed by atoms with Crippen molar-refractivity contribution in [3.63, 3.8) is 0 Å². The molecule has 0 saturated heterocycles. The Kier molecular flexibility index (Phi) is 5.40. The normalized spacial score (nSPS) is 10.6. The Morgan fingerprint density at radius 2 is 2.04 bits per heavy atom. The summed E-state index contributed by atoms with van der Waals surface area (Å²) in [6, 6.07) is 10.7. The third kappa shape index (κ3) is 3.76. The predicted octanol–water partition coefficient (Wildman–Crippen LogP) is 2.37. The van der Waals surface area contributed by atoms with Crippen LogP contribution in [0, 0.1) is 0 Å². The fourth-order valence-electron chi connectivity index (χ4n) is 2.81. The minimum absolute atomic E-state index is 0.0269. The number of pyridine rings is 1. The van der Waals surface area contributed by atoms with Crippen LogP contribution in [0.3, 0.4) is 0 Å². The maximum Gasteiger partial charge on any atom is 0.270 e. The van der Waals surface area contributed by atoms with Gasteiger partial charge in [0, 0.05) is 26.0 Å². The van der Waals surface area contributed by atoms with E-state index in [2.05, 4.69) is 4.98 Å². The van der Waals surface area contributed by atoms with Gasteiger partial charge in [-0.3, -0.25) is 14.0 Å². The first-order chi connectivity index (χ1) is 13.0. The topological polar surface area (TPSA) is 73.1 Å². The van der Waals surface area contributed by atoms with Gasteiger partial charge in [-0.05, 0) is 36.8 Å². The number of ether oxygens (including phenoxy) is 2. The van der Waals surface area contributed by atoms with Crippen LogP contribution in [0.1, 0.15) is 22.8 Å². The molecule has 0 aliphatic heterocycles. The number of nitrogens with zero attached hydrogens (tertiary/aromatic N) is 3. The van der Waals surface area contributed by atoms with Crippen molar-refractivity contribution in [1.29, 1.82) is 0 Å². The highest BCUT2D eigenvalue weighted by molar-refractivity contribution is 5.93. The molecule has 0 spiro atoms. The van der Waals surface area contributed by atoms with E-state index in [1.54, 1.807) is 38.6 Å². The molecule has 3 rings (SSSR count). The van der Waals surface area contributed by atoms with Crippen LogP contribution in [-0.2, 0) is 6.54 Å². The molecule has 2 heterocycles. The minimum atomic E-state index is -0.390. The lowest BCUT2D eigenvalue weighted by atomic mass is 10.1. The van der Waals surface area contributed by atoms with Crippen LogP contribution in [-0.4, -0.2) is 41.0 Å². The van der Waals surface area contributed by atoms with Gasteiger partial charge in [0.15, 0.2) is 11.5 Å². The van der Waals surface area contributed by atoms with Crippen molar-refractivity contribution >= 4 is 11.6 Å². The van der Waals surface area contributed by atoms with Crippen molar-refractivity contribution in [1.82, 2.24) is 14.3 Å². The van der Waals surface area contributed by atoms with Crippen molar-refractivity contribution in [2.24, 2.45) is 0 Å². The zero-order valence-corrected chi connectivity index (χ0v) is 15.5. The second-order valence-corrected chi connectivity index (χ2v) is 5.99. The summed E-state index contributed by atoms with van der Waals surface area (Å²) in [4.78, 5) is 31.0. The number of hydrogen-bond donors (Lipinski definition) is 0. The molecule has 7 nitrogen and oxygen atoms in total. The summed E-state index contributed by atoms with van der Waals surface area (Å²) in [6.07, 6.45) is 2.92. The summed E-state index contributed by atoms with van der Waals surface area (Å²) >= 11 is 0. The first-order valence-electron chi connectivity index (χ1n) is 8.56. The van der Waals surface area contributed by atoms with Crippen molar-refractivity contribution in [2.75, 3.05) is 20.8 Å². The molecule has 1 aromatic carbocycles. The van der Waals surface area contributed by atoms with Gasteiger partial charge in [0.1, 0.15) is 11.2 Å². The number of carbonyl (C=O) groups is 1. The molecule has 0 unspecified atom stereocenters. The third-order valence-electron chi connectivity index (χ3n) is 4.14. The molecular weight excluding hydrogens is 346 g/mol. The number of aromatic nitrogens is 2. The number of hydrogen-bond acceptors (Lipinski definition) is 5. The smallest absolute Gasteiger partial charge is 0.270 e. The molecule has 140 valence electrons. The highest BCUT2D eigenvalue weighted by Crippen LogP contribution is 2.28. The molecule has 0 radical (unpaired) electrons. The molecule has 0 saturated carbocycles. The van der Waals surface area contributed by atoms with Crippen LogP contribution in [0.25, 0.3) is 5.65 Å². The largest absolute Gasteiger partial charge is 0.493 e. The fraction of sp³-hybridized carbons (Fsp3) is 0.250. The standard InChI is InChI=1S/C20H21N3O4/c1-4-27-16-9-8-14(11-17(16)26-3)13-22(2)19(24)15-12-21-18-7-5-6-10-23(18)20(15)25/h5-12H,4,13H2,1-3H3. The number of benzene rings is 1.